The number of aliphatic hydroxyl groups is 4. The van der Waals surface area contributed by atoms with Crippen molar-refractivity contribution >= 4 is 6.03 Å². The molecule has 0 aromatic heterocycles. The van der Waals surface area contributed by atoms with Crippen LogP contribution < -0.4 is 10.9 Å². The lowest BCUT2D eigenvalue weighted by molar-refractivity contribution is -0.726. The minimum Gasteiger partial charge on any atom is -0.609 e. The van der Waals surface area contributed by atoms with Gasteiger partial charge in [0.1, 0.15) is 24.4 Å². The summed E-state index contributed by atoms with van der Waals surface area (Å²) >= 11 is 0. The van der Waals surface area contributed by atoms with Gasteiger partial charge in [-0.1, -0.05) is 0 Å². The predicted molar refractivity (Wildman–Crippen MR) is 55.4 cm³/mol. The Bertz CT molecular complexity index is 292. The summed E-state index contributed by atoms with van der Waals surface area (Å²) in [4.78, 5) is 11.4. The van der Waals surface area contributed by atoms with Gasteiger partial charge in [0.25, 0.3) is 0 Å². The van der Waals surface area contributed by atoms with Crippen molar-refractivity contribution in [3.05, 3.63) is 5.21 Å². The monoisotopic (exact) mass is 267 g/mol. The summed E-state index contributed by atoms with van der Waals surface area (Å²) in [6, 6.07) is -2.18. The normalized spacial score (nSPS) is 36.2. The molecular formula is C8H17N3O7. The highest BCUT2D eigenvalue weighted by molar-refractivity contribution is 5.72. The van der Waals surface area contributed by atoms with Crippen molar-refractivity contribution in [2.45, 2.75) is 30.6 Å². The lowest BCUT2D eigenvalue weighted by Gasteiger charge is -2.40. The Balaban J connectivity index is 2.68. The van der Waals surface area contributed by atoms with Crippen LogP contribution in [-0.4, -0.2) is 75.8 Å². The molecule has 5 atom stereocenters. The molecule has 1 fully saturated rings. The van der Waals surface area contributed by atoms with Crippen molar-refractivity contribution in [2.24, 2.45) is 0 Å². The van der Waals surface area contributed by atoms with Crippen molar-refractivity contribution in [2.75, 3.05) is 13.7 Å². The summed E-state index contributed by atoms with van der Waals surface area (Å²) in [6.07, 6.45) is -5.75. The largest absolute Gasteiger partial charge is 0.609 e. The van der Waals surface area contributed by atoms with Gasteiger partial charge in [-0.25, -0.2) is 4.79 Å². The molecule has 0 aromatic carbocycles. The van der Waals surface area contributed by atoms with Crippen LogP contribution >= 0.6 is 0 Å². The van der Waals surface area contributed by atoms with E-state index >= 15 is 0 Å². The number of carbonyl (C=O) groups is 1. The molecular weight excluding hydrogens is 250 g/mol. The van der Waals surface area contributed by atoms with Gasteiger partial charge in [0, 0.05) is 0 Å². The maximum Gasteiger partial charge on any atom is 0.361 e. The maximum atomic E-state index is 11.4. The number of nitrogens with zero attached hydrogens (tertiary/aromatic N) is 1. The number of rotatable bonds is 3. The second kappa shape index (κ2) is 6.24. The molecule has 0 saturated carbocycles. The first-order valence-corrected chi connectivity index (χ1v) is 5.21. The average Bonchev–Trinajstić information content (AvgIpc) is 2.37. The molecule has 1 saturated heterocycles. The fourth-order valence-electron chi connectivity index (χ4n) is 1.55. The Morgan fingerprint density at radius 2 is 2.06 bits per heavy atom. The van der Waals surface area contributed by atoms with E-state index in [0.717, 1.165) is 0 Å². The number of amides is 2. The molecule has 10 nitrogen and oxygen atoms in total. The summed E-state index contributed by atoms with van der Waals surface area (Å²) in [5, 5.41) is 50.8. The van der Waals surface area contributed by atoms with Crippen molar-refractivity contribution in [3.8, 4) is 0 Å². The molecule has 0 aliphatic carbocycles. The van der Waals surface area contributed by atoms with Crippen molar-refractivity contribution in [3.63, 3.8) is 0 Å². The van der Waals surface area contributed by atoms with E-state index in [2.05, 4.69) is 5.32 Å². The van der Waals surface area contributed by atoms with Crippen LogP contribution in [-0.2, 0) is 4.74 Å². The number of ether oxygens (including phenoxy) is 1. The first-order valence-electron chi connectivity index (χ1n) is 5.21. The van der Waals surface area contributed by atoms with Crippen molar-refractivity contribution in [1.29, 1.82) is 0 Å². The lowest BCUT2D eigenvalue weighted by Crippen LogP contribution is -2.90. The van der Waals surface area contributed by atoms with Crippen molar-refractivity contribution < 1.29 is 35.5 Å². The highest BCUT2D eigenvalue weighted by Gasteiger charge is 2.44. The molecule has 5 unspecified atom stereocenters. The van der Waals surface area contributed by atoms with E-state index in [-0.39, 0.29) is 5.59 Å². The summed E-state index contributed by atoms with van der Waals surface area (Å²) in [6.45, 7) is -0.593. The fourth-order valence-corrected chi connectivity index (χ4v) is 1.55. The van der Waals surface area contributed by atoms with E-state index in [1.807, 2.05) is 0 Å². The third-order valence-corrected chi connectivity index (χ3v) is 2.67. The molecule has 7 N–H and O–H groups in total. The zero-order chi connectivity index (χ0) is 13.9. The number of hydrogen-bond acceptors (Lipinski definition) is 7. The smallest absolute Gasteiger partial charge is 0.361 e. The number of urea groups is 1. The molecule has 106 valence electrons. The quantitative estimate of drug-likeness (QED) is 0.170. The van der Waals surface area contributed by atoms with E-state index in [0.29, 0.717) is 5.01 Å². The van der Waals surface area contributed by atoms with Crippen LogP contribution in [0.15, 0.2) is 0 Å². The van der Waals surface area contributed by atoms with Crippen LogP contribution in [0.4, 0.5) is 4.79 Å². The molecule has 10 heteroatoms. The van der Waals surface area contributed by atoms with Gasteiger partial charge >= 0.3 is 6.03 Å². The van der Waals surface area contributed by atoms with Gasteiger partial charge in [0.05, 0.1) is 13.7 Å². The van der Waals surface area contributed by atoms with Gasteiger partial charge in [0.2, 0.25) is 0 Å². The van der Waals surface area contributed by atoms with E-state index < -0.39 is 43.3 Å². The fraction of sp³-hybridized carbons (Fsp3) is 0.875. The Kier molecular flexibility index (Phi) is 5.22. The van der Waals surface area contributed by atoms with Gasteiger partial charge in [-0.05, 0) is 0 Å². The van der Waals surface area contributed by atoms with Gasteiger partial charge in [-0.15, -0.1) is 0 Å². The van der Waals surface area contributed by atoms with Gasteiger partial charge in [0.15, 0.2) is 6.29 Å². The van der Waals surface area contributed by atoms with E-state index in [9.17, 15) is 25.3 Å². The molecule has 2 amide bonds. The molecule has 18 heavy (non-hydrogen) atoms. The number of quaternary nitrogens is 1. The second-order valence-electron chi connectivity index (χ2n) is 3.92. The first kappa shape index (κ1) is 15.0. The summed E-state index contributed by atoms with van der Waals surface area (Å²) in [5.41, 5.74) is 0.241. The number of nitrogens with two attached hydrogens (primary N) is 1. The number of aliphatic hydroxyl groups excluding tert-OH is 4. The van der Waals surface area contributed by atoms with E-state index in [1.54, 1.807) is 0 Å². The average molecular weight is 267 g/mol. The Morgan fingerprint density at radius 3 is 2.56 bits per heavy atom. The number of hydrogen-bond donors (Lipinski definition) is 6. The summed E-state index contributed by atoms with van der Waals surface area (Å²) in [5.74, 6) is 0. The summed E-state index contributed by atoms with van der Waals surface area (Å²) < 4.78 is 4.82. The van der Waals surface area contributed by atoms with Gasteiger partial charge in [-0.3, -0.25) is 5.59 Å². The van der Waals surface area contributed by atoms with Gasteiger partial charge < -0.3 is 35.7 Å². The van der Waals surface area contributed by atoms with Crippen LogP contribution in [0.2, 0.25) is 0 Å². The molecule has 1 aliphatic rings. The molecule has 0 spiro atoms. The topological polar surface area (TPSA) is 162 Å². The molecule has 0 radical (unpaired) electrons. The van der Waals surface area contributed by atoms with Crippen LogP contribution in [0.1, 0.15) is 0 Å². The van der Waals surface area contributed by atoms with Crippen LogP contribution in [0.25, 0.3) is 0 Å². The molecule has 1 heterocycles. The minimum atomic E-state index is -1.61. The molecule has 1 rings (SSSR count). The van der Waals surface area contributed by atoms with Crippen molar-refractivity contribution in [1.82, 2.24) is 10.3 Å². The predicted octanol–water partition coefficient (Wildman–Crippen LogP) is -4.60. The molecule has 0 bridgehead atoms. The highest BCUT2D eigenvalue weighted by Crippen LogP contribution is 2.19. The summed E-state index contributed by atoms with van der Waals surface area (Å²) in [7, 11) is 1.18. The van der Waals surface area contributed by atoms with E-state index in [4.69, 9.17) is 9.84 Å². The Labute approximate surface area is 102 Å². The molecule has 1 aliphatic heterocycles. The second-order valence-corrected chi connectivity index (χ2v) is 3.92. The highest BCUT2D eigenvalue weighted by atomic mass is 16.6. The van der Waals surface area contributed by atoms with Crippen LogP contribution in [0.3, 0.4) is 0 Å². The van der Waals surface area contributed by atoms with Crippen LogP contribution in [0.5, 0.6) is 0 Å². The third kappa shape index (κ3) is 3.05. The number of carbonyl (C=O) groups excluding carboxylic acids is 1. The van der Waals surface area contributed by atoms with Gasteiger partial charge in [-0.2, -0.15) is 5.01 Å². The Hall–Kier alpha value is -1.01. The Morgan fingerprint density at radius 1 is 1.44 bits per heavy atom. The SMILES string of the molecule is CN([NH2+][O-])C(=O)NC1C(O)OC(CO)C(O)C1O. The molecule has 0 aromatic rings. The zero-order valence-corrected chi connectivity index (χ0v) is 9.63. The standard InChI is InChI=1S/C8H17N3O7/c1-11(10-17)8(16)9-4-6(14)5(13)3(2-12)18-7(4)15/h3-7,12-15H,2,10H2,1H3,(H,9,16). The lowest BCUT2D eigenvalue weighted by atomic mass is 9.97. The number of nitrogens with one attached hydrogen (secondary N) is 1. The third-order valence-electron chi connectivity index (χ3n) is 2.67. The zero-order valence-electron chi connectivity index (χ0n) is 9.63. The minimum absolute atomic E-state index is 0.241. The first-order chi connectivity index (χ1) is 8.42. The van der Waals surface area contributed by atoms with E-state index in [1.165, 1.54) is 7.05 Å². The van der Waals surface area contributed by atoms with Crippen LogP contribution in [0, 0.1) is 5.21 Å². The maximum absolute atomic E-state index is 11.4.